The van der Waals surface area contributed by atoms with E-state index in [2.05, 4.69) is 6.58 Å². The predicted octanol–water partition coefficient (Wildman–Crippen LogP) is 3.32. The van der Waals surface area contributed by atoms with E-state index in [0.717, 1.165) is 6.08 Å². The second-order valence-electron chi connectivity index (χ2n) is 2.39. The predicted molar refractivity (Wildman–Crippen MR) is 39.2 cm³/mol. The molecular formula is C8H11F3. The van der Waals surface area contributed by atoms with E-state index in [1.807, 2.05) is 6.92 Å². The number of rotatable bonds is 3. The molecule has 0 rings (SSSR count). The Labute approximate surface area is 64.4 Å². The number of hydrogen-bond acceptors (Lipinski definition) is 0. The Hall–Kier alpha value is -0.730. The Balaban J connectivity index is 3.69. The molecule has 64 valence electrons. The normalized spacial score (nSPS) is 15.3. The van der Waals surface area contributed by atoms with Gasteiger partial charge in [0.05, 0.1) is 0 Å². The Kier molecular flexibility index (Phi) is 3.93. The van der Waals surface area contributed by atoms with Crippen LogP contribution in [-0.2, 0) is 0 Å². The van der Waals surface area contributed by atoms with Gasteiger partial charge in [-0.15, -0.1) is 6.58 Å². The van der Waals surface area contributed by atoms with Crippen molar-refractivity contribution in [3.63, 3.8) is 0 Å². The molecule has 0 nitrogen and oxygen atoms in total. The summed E-state index contributed by atoms with van der Waals surface area (Å²) in [5.74, 6) is 0.105. The highest BCUT2D eigenvalue weighted by Gasteiger charge is 2.21. The van der Waals surface area contributed by atoms with E-state index in [4.69, 9.17) is 0 Å². The van der Waals surface area contributed by atoms with Crippen molar-refractivity contribution in [3.8, 4) is 0 Å². The molecule has 3 heteroatoms. The number of hydrogen-bond donors (Lipinski definition) is 0. The molecule has 0 aromatic rings. The summed E-state index contributed by atoms with van der Waals surface area (Å²) in [7, 11) is 0. The summed E-state index contributed by atoms with van der Waals surface area (Å²) in [6, 6.07) is 0. The maximum atomic E-state index is 11.5. The summed E-state index contributed by atoms with van der Waals surface area (Å²) in [5, 5.41) is 0. The molecule has 0 aliphatic carbocycles. The molecule has 0 spiro atoms. The summed E-state index contributed by atoms with van der Waals surface area (Å²) >= 11 is 0. The van der Waals surface area contributed by atoms with E-state index in [1.165, 1.54) is 0 Å². The van der Waals surface area contributed by atoms with Gasteiger partial charge < -0.3 is 0 Å². The van der Waals surface area contributed by atoms with Crippen LogP contribution in [0.3, 0.4) is 0 Å². The first kappa shape index (κ1) is 10.3. The molecule has 0 saturated carbocycles. The molecule has 0 saturated heterocycles. The Morgan fingerprint density at radius 3 is 2.36 bits per heavy atom. The molecular weight excluding hydrogens is 153 g/mol. The minimum absolute atomic E-state index is 0.105. The average Bonchev–Trinajstić information content (AvgIpc) is 1.85. The lowest BCUT2D eigenvalue weighted by molar-refractivity contribution is -0.0800. The molecule has 0 bridgehead atoms. The minimum atomic E-state index is -4.18. The molecule has 0 radical (unpaired) electrons. The van der Waals surface area contributed by atoms with E-state index in [1.54, 1.807) is 6.08 Å². The van der Waals surface area contributed by atoms with Crippen molar-refractivity contribution in [1.82, 2.24) is 0 Å². The first-order valence-electron chi connectivity index (χ1n) is 3.32. The monoisotopic (exact) mass is 164 g/mol. The lowest BCUT2D eigenvalue weighted by atomic mass is 10.1. The smallest absolute Gasteiger partial charge is 0.167 e. The highest BCUT2D eigenvalue weighted by atomic mass is 19.4. The van der Waals surface area contributed by atoms with E-state index >= 15 is 0 Å². The van der Waals surface area contributed by atoms with Crippen LogP contribution in [0.4, 0.5) is 13.2 Å². The van der Waals surface area contributed by atoms with Crippen molar-refractivity contribution in [2.75, 3.05) is 0 Å². The fourth-order valence-corrected chi connectivity index (χ4v) is 0.513. The lowest BCUT2D eigenvalue weighted by Gasteiger charge is -2.00. The van der Waals surface area contributed by atoms with Crippen molar-refractivity contribution in [1.29, 1.82) is 0 Å². The van der Waals surface area contributed by atoms with Crippen molar-refractivity contribution in [2.24, 2.45) is 5.92 Å². The van der Waals surface area contributed by atoms with Gasteiger partial charge in [-0.3, -0.25) is 0 Å². The summed E-state index contributed by atoms with van der Waals surface area (Å²) < 4.78 is 34.5. The summed E-state index contributed by atoms with van der Waals surface area (Å²) in [6.45, 7) is 5.27. The van der Waals surface area contributed by atoms with Crippen molar-refractivity contribution < 1.29 is 13.2 Å². The van der Waals surface area contributed by atoms with Gasteiger partial charge in [0.2, 0.25) is 0 Å². The molecule has 1 unspecified atom stereocenters. The van der Waals surface area contributed by atoms with Crippen molar-refractivity contribution in [2.45, 2.75) is 19.5 Å². The van der Waals surface area contributed by atoms with Gasteiger partial charge in [-0.05, 0) is 12.3 Å². The highest BCUT2D eigenvalue weighted by Crippen LogP contribution is 2.17. The van der Waals surface area contributed by atoms with Gasteiger partial charge in [-0.1, -0.05) is 19.1 Å². The molecule has 1 atom stereocenters. The van der Waals surface area contributed by atoms with Crippen LogP contribution in [0, 0.1) is 5.92 Å². The van der Waals surface area contributed by atoms with Gasteiger partial charge in [0.25, 0.3) is 0 Å². The van der Waals surface area contributed by atoms with E-state index in [9.17, 15) is 13.2 Å². The first-order chi connectivity index (χ1) is 4.95. The molecule has 0 aliphatic heterocycles. The Morgan fingerprint density at radius 2 is 2.00 bits per heavy atom. The largest absolute Gasteiger partial charge is 0.409 e. The van der Waals surface area contributed by atoms with Crippen LogP contribution < -0.4 is 0 Å². The third-order valence-corrected chi connectivity index (χ3v) is 1.22. The van der Waals surface area contributed by atoms with Gasteiger partial charge >= 0.3 is 6.18 Å². The minimum Gasteiger partial charge on any atom is -0.167 e. The van der Waals surface area contributed by atoms with Crippen LogP contribution in [0.5, 0.6) is 0 Å². The summed E-state index contributed by atoms with van der Waals surface area (Å²) in [4.78, 5) is 0. The SMILES string of the molecule is C=CC(C)C/C=C/C(F)(F)F. The van der Waals surface area contributed by atoms with Crippen LogP contribution in [0.2, 0.25) is 0 Å². The molecule has 11 heavy (non-hydrogen) atoms. The molecule has 0 amide bonds. The molecule has 0 aromatic heterocycles. The van der Waals surface area contributed by atoms with E-state index < -0.39 is 6.18 Å². The average molecular weight is 164 g/mol. The van der Waals surface area contributed by atoms with Gasteiger partial charge in [0, 0.05) is 6.08 Å². The van der Waals surface area contributed by atoms with Crippen LogP contribution in [0.1, 0.15) is 13.3 Å². The second kappa shape index (κ2) is 4.21. The zero-order chi connectivity index (χ0) is 8.91. The lowest BCUT2D eigenvalue weighted by Crippen LogP contribution is -2.00. The Bertz CT molecular complexity index is 144. The number of alkyl halides is 3. The summed E-state index contributed by atoms with van der Waals surface area (Å²) in [5.41, 5.74) is 0. The van der Waals surface area contributed by atoms with Crippen LogP contribution in [-0.4, -0.2) is 6.18 Å². The second-order valence-corrected chi connectivity index (χ2v) is 2.39. The van der Waals surface area contributed by atoms with Gasteiger partial charge in [0.1, 0.15) is 0 Å². The fraction of sp³-hybridized carbons (Fsp3) is 0.500. The maximum Gasteiger partial charge on any atom is 0.409 e. The van der Waals surface area contributed by atoms with Crippen molar-refractivity contribution >= 4 is 0 Å². The topological polar surface area (TPSA) is 0 Å². The zero-order valence-electron chi connectivity index (χ0n) is 6.36. The van der Waals surface area contributed by atoms with E-state index in [0.29, 0.717) is 6.42 Å². The third kappa shape index (κ3) is 7.16. The first-order valence-corrected chi connectivity index (χ1v) is 3.32. The van der Waals surface area contributed by atoms with Crippen LogP contribution >= 0.6 is 0 Å². The quantitative estimate of drug-likeness (QED) is 0.561. The zero-order valence-corrected chi connectivity index (χ0v) is 6.36. The fourth-order valence-electron chi connectivity index (χ4n) is 0.513. The standard InChI is InChI=1S/C8H11F3/c1-3-7(2)5-4-6-8(9,10)11/h3-4,6-7H,1,5H2,2H3/b6-4+. The summed E-state index contributed by atoms with van der Waals surface area (Å²) in [6.07, 6.45) is -0.788. The maximum absolute atomic E-state index is 11.5. The molecule has 0 aromatic carbocycles. The molecule has 0 fully saturated rings. The highest BCUT2D eigenvalue weighted by molar-refractivity contribution is 4.92. The van der Waals surface area contributed by atoms with Gasteiger partial charge in [-0.2, -0.15) is 13.2 Å². The third-order valence-electron chi connectivity index (χ3n) is 1.22. The van der Waals surface area contributed by atoms with E-state index in [-0.39, 0.29) is 12.0 Å². The van der Waals surface area contributed by atoms with Crippen molar-refractivity contribution in [3.05, 3.63) is 24.8 Å². The number of allylic oxidation sites excluding steroid dienone is 3. The van der Waals surface area contributed by atoms with Gasteiger partial charge in [0.15, 0.2) is 0 Å². The molecule has 0 aliphatic rings. The van der Waals surface area contributed by atoms with Crippen LogP contribution in [0.25, 0.3) is 0 Å². The molecule has 0 N–H and O–H groups in total. The van der Waals surface area contributed by atoms with Gasteiger partial charge in [-0.25, -0.2) is 0 Å². The van der Waals surface area contributed by atoms with Crippen LogP contribution in [0.15, 0.2) is 24.8 Å². The Morgan fingerprint density at radius 1 is 1.45 bits per heavy atom. The molecule has 0 heterocycles. The number of halogens is 3.